The van der Waals surface area contributed by atoms with Gasteiger partial charge in [-0.2, -0.15) is 9.90 Å². The zero-order valence-electron chi connectivity index (χ0n) is 20.4. The number of aromatic nitrogens is 3. The van der Waals surface area contributed by atoms with Crippen LogP contribution in [0, 0.1) is 17.8 Å². The van der Waals surface area contributed by atoms with Gasteiger partial charge in [0.25, 0.3) is 11.8 Å². The van der Waals surface area contributed by atoms with Crippen molar-refractivity contribution in [2.45, 2.75) is 58.2 Å². The predicted octanol–water partition coefficient (Wildman–Crippen LogP) is 1.52. The number of carbonyl (C=O) groups is 4. The second kappa shape index (κ2) is 9.57. The van der Waals surface area contributed by atoms with Gasteiger partial charge in [-0.3, -0.25) is 24.5 Å². The average Bonchev–Trinajstić information content (AvgIpc) is 3.49. The third kappa shape index (κ3) is 4.49. The van der Waals surface area contributed by atoms with Gasteiger partial charge in [0.05, 0.1) is 12.2 Å². The number of likely N-dealkylation sites (tertiary alicyclic amines) is 1. The highest BCUT2D eigenvalue weighted by molar-refractivity contribution is 6.05. The Balaban J connectivity index is 1.23. The Labute approximate surface area is 209 Å². The molecule has 4 amide bonds. The molecular formula is C26H28N6O4. The number of amides is 4. The van der Waals surface area contributed by atoms with Crippen molar-refractivity contribution >= 4 is 23.6 Å². The Bertz CT molecular complexity index is 1290. The lowest BCUT2D eigenvalue weighted by molar-refractivity contribution is -0.136. The molecule has 1 aromatic heterocycles. The zero-order chi connectivity index (χ0) is 25.4. The van der Waals surface area contributed by atoms with Crippen LogP contribution >= 0.6 is 0 Å². The summed E-state index contributed by atoms with van der Waals surface area (Å²) in [6.07, 6.45) is 3.58. The minimum absolute atomic E-state index is 0.0957. The highest BCUT2D eigenvalue weighted by Gasteiger charge is 2.39. The Kier molecular flexibility index (Phi) is 6.31. The lowest BCUT2D eigenvalue weighted by Crippen LogP contribution is -2.52. The fourth-order valence-electron chi connectivity index (χ4n) is 4.89. The van der Waals surface area contributed by atoms with E-state index < -0.39 is 11.9 Å². The average molecular weight is 489 g/mol. The van der Waals surface area contributed by atoms with Crippen molar-refractivity contribution in [1.82, 2.24) is 30.1 Å². The second-order valence-electron chi connectivity index (χ2n) is 9.71. The third-order valence-electron chi connectivity index (χ3n) is 6.96. The molecular weight excluding hydrogens is 460 g/mol. The minimum atomic E-state index is -0.646. The van der Waals surface area contributed by atoms with Crippen molar-refractivity contribution in [2.24, 2.45) is 5.92 Å². The molecule has 186 valence electrons. The molecule has 1 aromatic carbocycles. The molecule has 36 heavy (non-hydrogen) atoms. The first kappa shape index (κ1) is 23.7. The molecule has 1 unspecified atom stereocenters. The van der Waals surface area contributed by atoms with Gasteiger partial charge < -0.3 is 9.80 Å². The third-order valence-corrected chi connectivity index (χ3v) is 6.96. The Hall–Kier alpha value is -4.00. The van der Waals surface area contributed by atoms with E-state index in [1.54, 1.807) is 17.0 Å². The van der Waals surface area contributed by atoms with Crippen LogP contribution in [0.15, 0.2) is 24.4 Å². The molecule has 2 fully saturated rings. The van der Waals surface area contributed by atoms with Crippen LogP contribution in [0.1, 0.15) is 77.5 Å². The number of rotatable bonds is 3. The van der Waals surface area contributed by atoms with Crippen LogP contribution in [-0.2, 0) is 16.1 Å². The van der Waals surface area contributed by atoms with E-state index in [1.165, 1.54) is 15.9 Å². The first-order chi connectivity index (χ1) is 17.3. The molecule has 0 saturated carbocycles. The second-order valence-corrected chi connectivity index (χ2v) is 9.71. The van der Waals surface area contributed by atoms with Crippen molar-refractivity contribution in [3.05, 3.63) is 46.8 Å². The summed E-state index contributed by atoms with van der Waals surface area (Å²) >= 11 is 0. The summed E-state index contributed by atoms with van der Waals surface area (Å²) in [5, 5.41) is 10.8. The summed E-state index contributed by atoms with van der Waals surface area (Å²) in [4.78, 5) is 54.5. The molecule has 1 atom stereocenters. The molecule has 10 nitrogen and oxygen atoms in total. The molecule has 4 heterocycles. The van der Waals surface area contributed by atoms with Crippen molar-refractivity contribution < 1.29 is 19.2 Å². The maximum atomic E-state index is 13.0. The monoisotopic (exact) mass is 488 g/mol. The van der Waals surface area contributed by atoms with Crippen LogP contribution in [-0.4, -0.2) is 67.6 Å². The van der Waals surface area contributed by atoms with E-state index in [2.05, 4.69) is 27.4 Å². The lowest BCUT2D eigenvalue weighted by Gasteiger charge is -2.29. The van der Waals surface area contributed by atoms with Crippen LogP contribution in [0.2, 0.25) is 0 Å². The van der Waals surface area contributed by atoms with E-state index in [9.17, 15) is 19.2 Å². The Morgan fingerprint density at radius 2 is 1.92 bits per heavy atom. The van der Waals surface area contributed by atoms with E-state index >= 15 is 0 Å². The molecule has 2 aromatic rings. The SMILES string of the molecule is CC(C)n1ncc(C(=O)N2CCC(C#Cc3cccc4c3CN(C3CCC(=O)NC3=O)C4=O)CC2)n1. The van der Waals surface area contributed by atoms with Crippen molar-refractivity contribution in [1.29, 1.82) is 0 Å². The van der Waals surface area contributed by atoms with Crippen molar-refractivity contribution in [2.75, 3.05) is 13.1 Å². The minimum Gasteiger partial charge on any atom is -0.337 e. The smallest absolute Gasteiger partial charge is 0.276 e. The maximum absolute atomic E-state index is 13.0. The van der Waals surface area contributed by atoms with Crippen molar-refractivity contribution in [3.63, 3.8) is 0 Å². The normalized spacial score (nSPS) is 20.3. The van der Waals surface area contributed by atoms with Crippen LogP contribution in [0.3, 0.4) is 0 Å². The largest absolute Gasteiger partial charge is 0.337 e. The number of carbonyl (C=O) groups excluding carboxylic acids is 4. The van der Waals surface area contributed by atoms with Crippen molar-refractivity contribution in [3.8, 4) is 11.8 Å². The van der Waals surface area contributed by atoms with E-state index in [-0.39, 0.29) is 36.1 Å². The number of hydrogen-bond donors (Lipinski definition) is 1. The number of hydrogen-bond acceptors (Lipinski definition) is 6. The quantitative estimate of drug-likeness (QED) is 0.517. The molecule has 3 aliphatic heterocycles. The lowest BCUT2D eigenvalue weighted by atomic mass is 9.96. The number of nitrogens with zero attached hydrogens (tertiary/aromatic N) is 5. The van der Waals surface area contributed by atoms with Gasteiger partial charge in [-0.1, -0.05) is 17.9 Å². The summed E-state index contributed by atoms with van der Waals surface area (Å²) in [5.74, 6) is 5.69. The van der Waals surface area contributed by atoms with Crippen LogP contribution < -0.4 is 5.32 Å². The molecule has 2 saturated heterocycles. The summed E-state index contributed by atoms with van der Waals surface area (Å²) in [6.45, 7) is 5.42. The molecule has 0 spiro atoms. The maximum Gasteiger partial charge on any atom is 0.276 e. The molecule has 0 aliphatic carbocycles. The molecule has 5 rings (SSSR count). The molecule has 1 N–H and O–H groups in total. The van der Waals surface area contributed by atoms with Gasteiger partial charge in [-0.25, -0.2) is 0 Å². The molecule has 3 aliphatic rings. The van der Waals surface area contributed by atoms with Gasteiger partial charge in [0, 0.05) is 43.1 Å². The van der Waals surface area contributed by atoms with Gasteiger partial charge in [0.2, 0.25) is 11.8 Å². The Morgan fingerprint density at radius 3 is 2.61 bits per heavy atom. The fourth-order valence-corrected chi connectivity index (χ4v) is 4.89. The number of imide groups is 1. The molecule has 0 bridgehead atoms. The van der Waals surface area contributed by atoms with E-state index in [0.29, 0.717) is 37.3 Å². The van der Waals surface area contributed by atoms with E-state index in [4.69, 9.17) is 0 Å². The van der Waals surface area contributed by atoms with E-state index in [0.717, 1.165) is 24.0 Å². The number of nitrogens with one attached hydrogen (secondary N) is 1. The number of fused-ring (bicyclic) bond motifs is 1. The highest BCUT2D eigenvalue weighted by Crippen LogP contribution is 2.29. The first-order valence-corrected chi connectivity index (χ1v) is 12.3. The number of piperidine rings is 2. The van der Waals surface area contributed by atoms with Crippen LogP contribution in [0.5, 0.6) is 0 Å². The van der Waals surface area contributed by atoms with Gasteiger partial charge in [-0.05, 0) is 50.8 Å². The molecule has 10 heteroatoms. The number of benzene rings is 1. The van der Waals surface area contributed by atoms with Crippen LogP contribution in [0.25, 0.3) is 0 Å². The summed E-state index contributed by atoms with van der Waals surface area (Å²) in [6, 6.07) is 4.91. The van der Waals surface area contributed by atoms with Gasteiger partial charge in [0.1, 0.15) is 6.04 Å². The first-order valence-electron chi connectivity index (χ1n) is 12.3. The van der Waals surface area contributed by atoms with E-state index in [1.807, 2.05) is 19.9 Å². The highest BCUT2D eigenvalue weighted by atomic mass is 16.2. The van der Waals surface area contributed by atoms with Gasteiger partial charge in [0.15, 0.2) is 5.69 Å². The summed E-state index contributed by atoms with van der Waals surface area (Å²) < 4.78 is 0. The topological polar surface area (TPSA) is 117 Å². The zero-order valence-corrected chi connectivity index (χ0v) is 20.4. The fraction of sp³-hybridized carbons (Fsp3) is 0.462. The Morgan fingerprint density at radius 1 is 1.14 bits per heavy atom. The summed E-state index contributed by atoms with van der Waals surface area (Å²) in [5.41, 5.74) is 2.51. The summed E-state index contributed by atoms with van der Waals surface area (Å²) in [7, 11) is 0. The van der Waals surface area contributed by atoms with Gasteiger partial charge in [-0.15, -0.1) is 5.10 Å². The standard InChI is InChI=1S/C26H28N6O4/c1-16(2)32-27-14-21(29-32)26(36)30-12-10-17(11-13-30)6-7-18-4-3-5-19-20(18)15-31(25(19)35)22-8-9-23(33)28-24(22)34/h3-5,14,16-17,22H,8-13,15H2,1-2H3,(H,28,33,34). The molecule has 0 radical (unpaired) electrons. The predicted molar refractivity (Wildman–Crippen MR) is 128 cm³/mol. The van der Waals surface area contributed by atoms with Crippen LogP contribution in [0.4, 0.5) is 0 Å². The van der Waals surface area contributed by atoms with Gasteiger partial charge >= 0.3 is 0 Å².